The summed E-state index contributed by atoms with van der Waals surface area (Å²) in [5.74, 6) is -0.688. The molecule has 1 atom stereocenters. The molecule has 2 aromatic rings. The zero-order chi connectivity index (χ0) is 20.0. The van der Waals surface area contributed by atoms with Gasteiger partial charge in [0.15, 0.2) is 0 Å². The molecule has 2 aromatic carbocycles. The Bertz CT molecular complexity index is 775. The average molecular weight is 371 g/mol. The molecule has 0 aliphatic heterocycles. The van der Waals surface area contributed by atoms with Crippen LogP contribution in [0, 0.1) is 12.7 Å². The van der Waals surface area contributed by atoms with Gasteiger partial charge in [0, 0.05) is 19.3 Å². The van der Waals surface area contributed by atoms with Gasteiger partial charge in [-0.2, -0.15) is 0 Å². The topological polar surface area (TPSA) is 52.7 Å². The number of rotatable bonds is 7. The van der Waals surface area contributed by atoms with Gasteiger partial charge in [0.05, 0.1) is 12.6 Å². The van der Waals surface area contributed by atoms with Gasteiger partial charge in [0.1, 0.15) is 5.82 Å². The fraction of sp³-hybridized carbons (Fsp3) is 0.333. The molecule has 0 fully saturated rings. The van der Waals surface area contributed by atoms with E-state index in [1.165, 1.54) is 17.0 Å². The number of nitrogens with zero attached hydrogens (tertiary/aromatic N) is 2. The molecule has 0 aromatic heterocycles. The van der Waals surface area contributed by atoms with Gasteiger partial charge >= 0.3 is 0 Å². The highest BCUT2D eigenvalue weighted by Crippen LogP contribution is 2.11. The van der Waals surface area contributed by atoms with Crippen LogP contribution in [0.5, 0.6) is 0 Å². The van der Waals surface area contributed by atoms with Gasteiger partial charge in [-0.3, -0.25) is 14.5 Å². The van der Waals surface area contributed by atoms with Crippen LogP contribution in [0.15, 0.2) is 48.5 Å². The molecular weight excluding hydrogens is 345 g/mol. The van der Waals surface area contributed by atoms with Crippen LogP contribution >= 0.6 is 0 Å². The molecule has 0 aliphatic rings. The van der Waals surface area contributed by atoms with Crippen molar-refractivity contribution in [3.8, 4) is 0 Å². The Balaban J connectivity index is 1.87. The van der Waals surface area contributed by atoms with Crippen LogP contribution in [0.3, 0.4) is 0 Å². The van der Waals surface area contributed by atoms with Crippen molar-refractivity contribution in [2.24, 2.45) is 0 Å². The molecule has 0 saturated carbocycles. The first-order valence-corrected chi connectivity index (χ1v) is 8.82. The lowest BCUT2D eigenvalue weighted by atomic mass is 10.2. The molecular formula is C21H26FN3O2. The summed E-state index contributed by atoms with van der Waals surface area (Å²) in [4.78, 5) is 28.1. The second kappa shape index (κ2) is 9.28. The third-order valence-corrected chi connectivity index (χ3v) is 4.46. The molecule has 0 spiro atoms. The largest absolute Gasteiger partial charge is 0.335 e. The Labute approximate surface area is 159 Å². The van der Waals surface area contributed by atoms with Gasteiger partial charge in [-0.25, -0.2) is 4.39 Å². The summed E-state index contributed by atoms with van der Waals surface area (Å²) in [5.41, 5.74) is 2.73. The van der Waals surface area contributed by atoms with Gasteiger partial charge < -0.3 is 10.2 Å². The first-order valence-electron chi connectivity index (χ1n) is 8.82. The maximum absolute atomic E-state index is 13.0. The monoisotopic (exact) mass is 371 g/mol. The third-order valence-electron chi connectivity index (χ3n) is 4.46. The van der Waals surface area contributed by atoms with Crippen molar-refractivity contribution < 1.29 is 14.0 Å². The maximum atomic E-state index is 13.0. The highest BCUT2D eigenvalue weighted by atomic mass is 19.1. The van der Waals surface area contributed by atoms with Crippen LogP contribution in [0.1, 0.15) is 18.1 Å². The van der Waals surface area contributed by atoms with Gasteiger partial charge in [0.25, 0.3) is 0 Å². The second-order valence-electron chi connectivity index (χ2n) is 6.83. The van der Waals surface area contributed by atoms with Crippen molar-refractivity contribution >= 4 is 17.5 Å². The van der Waals surface area contributed by atoms with E-state index in [4.69, 9.17) is 0 Å². The highest BCUT2D eigenvalue weighted by molar-refractivity contribution is 5.95. The van der Waals surface area contributed by atoms with Crippen LogP contribution in [-0.4, -0.2) is 48.3 Å². The van der Waals surface area contributed by atoms with E-state index in [0.29, 0.717) is 12.2 Å². The molecule has 5 nitrogen and oxygen atoms in total. The lowest BCUT2D eigenvalue weighted by Gasteiger charge is -2.28. The molecule has 1 N–H and O–H groups in total. The van der Waals surface area contributed by atoms with Gasteiger partial charge in [-0.1, -0.05) is 29.8 Å². The van der Waals surface area contributed by atoms with Crippen molar-refractivity contribution in [3.63, 3.8) is 0 Å². The lowest BCUT2D eigenvalue weighted by molar-refractivity contribution is -0.137. The molecule has 27 heavy (non-hydrogen) atoms. The van der Waals surface area contributed by atoms with Crippen LogP contribution in [0.25, 0.3) is 0 Å². The molecule has 0 saturated heterocycles. The van der Waals surface area contributed by atoms with Crippen molar-refractivity contribution in [2.75, 3.05) is 26.0 Å². The molecule has 6 heteroatoms. The van der Waals surface area contributed by atoms with Crippen LogP contribution < -0.4 is 5.32 Å². The first kappa shape index (κ1) is 20.6. The summed E-state index contributed by atoms with van der Waals surface area (Å²) >= 11 is 0. The van der Waals surface area contributed by atoms with E-state index in [9.17, 15) is 14.0 Å². The average Bonchev–Trinajstić information content (AvgIpc) is 2.64. The molecule has 0 bridgehead atoms. The SMILES string of the molecule is Cc1ccc(NC(=O)CN(C)C(=O)[C@H](C)N(C)Cc2ccc(F)cc2)cc1. The number of hydrogen-bond acceptors (Lipinski definition) is 3. The molecule has 2 rings (SSSR count). The van der Waals surface area contributed by atoms with Gasteiger partial charge in [0.2, 0.25) is 11.8 Å². The molecule has 0 unspecified atom stereocenters. The number of carbonyl (C=O) groups is 2. The summed E-state index contributed by atoms with van der Waals surface area (Å²) in [6.45, 7) is 4.25. The zero-order valence-electron chi connectivity index (χ0n) is 16.2. The summed E-state index contributed by atoms with van der Waals surface area (Å²) in [5, 5.41) is 2.79. The number of benzene rings is 2. The normalized spacial score (nSPS) is 11.9. The summed E-state index contributed by atoms with van der Waals surface area (Å²) in [6.07, 6.45) is 0. The molecule has 0 aliphatic carbocycles. The van der Waals surface area contributed by atoms with Crippen LogP contribution in [0.4, 0.5) is 10.1 Å². The summed E-state index contributed by atoms with van der Waals surface area (Å²) in [7, 11) is 3.44. The van der Waals surface area contributed by atoms with Crippen LogP contribution in [0.2, 0.25) is 0 Å². The predicted octanol–water partition coefficient (Wildman–Crippen LogP) is 3.05. The van der Waals surface area contributed by atoms with Crippen molar-refractivity contribution in [1.29, 1.82) is 0 Å². The number of anilines is 1. The van der Waals surface area contributed by atoms with Gasteiger partial charge in [-0.05, 0) is 50.7 Å². The Morgan fingerprint density at radius 1 is 1.04 bits per heavy atom. The van der Waals surface area contributed by atoms with Crippen LogP contribution in [-0.2, 0) is 16.1 Å². The number of carbonyl (C=O) groups excluding carboxylic acids is 2. The van der Waals surface area contributed by atoms with E-state index < -0.39 is 6.04 Å². The predicted molar refractivity (Wildman–Crippen MR) is 105 cm³/mol. The van der Waals surface area contributed by atoms with Gasteiger partial charge in [-0.15, -0.1) is 0 Å². The quantitative estimate of drug-likeness (QED) is 0.814. The number of halogens is 1. The molecule has 2 amide bonds. The number of amides is 2. The van der Waals surface area contributed by atoms with E-state index in [0.717, 1.165) is 11.1 Å². The zero-order valence-corrected chi connectivity index (χ0v) is 16.2. The second-order valence-corrected chi connectivity index (χ2v) is 6.83. The fourth-order valence-electron chi connectivity index (χ4n) is 2.65. The van der Waals surface area contributed by atoms with E-state index in [2.05, 4.69) is 5.32 Å². The minimum Gasteiger partial charge on any atom is -0.335 e. The summed E-state index contributed by atoms with van der Waals surface area (Å²) < 4.78 is 13.0. The molecule has 0 radical (unpaired) electrons. The lowest BCUT2D eigenvalue weighted by Crippen LogP contribution is -2.46. The van der Waals surface area contributed by atoms with E-state index >= 15 is 0 Å². The van der Waals surface area contributed by atoms with E-state index in [1.54, 1.807) is 26.1 Å². The molecule has 0 heterocycles. The Kier molecular flexibility index (Phi) is 7.07. The molecule has 144 valence electrons. The van der Waals surface area contributed by atoms with E-state index in [1.807, 2.05) is 43.1 Å². The van der Waals surface area contributed by atoms with Crippen molar-refractivity contribution in [1.82, 2.24) is 9.80 Å². The minimum absolute atomic E-state index is 0.0264. The number of hydrogen-bond donors (Lipinski definition) is 1. The maximum Gasteiger partial charge on any atom is 0.243 e. The van der Waals surface area contributed by atoms with Crippen molar-refractivity contribution in [2.45, 2.75) is 26.4 Å². The Morgan fingerprint density at radius 2 is 1.63 bits per heavy atom. The minimum atomic E-state index is -0.410. The first-order chi connectivity index (χ1) is 12.8. The standard InChI is InChI=1S/C21H26FN3O2/c1-15-5-11-19(12-6-15)23-20(26)14-25(4)21(27)16(2)24(3)13-17-7-9-18(22)10-8-17/h5-12,16H,13-14H2,1-4H3,(H,23,26)/t16-/m0/s1. The summed E-state index contributed by atoms with van der Waals surface area (Å²) in [6, 6.07) is 13.3. The highest BCUT2D eigenvalue weighted by Gasteiger charge is 2.23. The Morgan fingerprint density at radius 3 is 2.22 bits per heavy atom. The van der Waals surface area contributed by atoms with Crippen molar-refractivity contribution in [3.05, 3.63) is 65.5 Å². The third kappa shape index (κ3) is 6.18. The number of nitrogens with one attached hydrogen (secondary N) is 1. The number of likely N-dealkylation sites (N-methyl/N-ethyl adjacent to an activating group) is 2. The van der Waals surface area contributed by atoms with E-state index in [-0.39, 0.29) is 24.2 Å². The number of aryl methyl sites for hydroxylation is 1. The fourth-order valence-corrected chi connectivity index (χ4v) is 2.65. The smallest absolute Gasteiger partial charge is 0.243 e. The Hall–Kier alpha value is -2.73.